The maximum atomic E-state index is 12.9. The van der Waals surface area contributed by atoms with Crippen LogP contribution in [0.15, 0.2) is 18.2 Å². The normalized spacial score (nSPS) is 19.0. The van der Waals surface area contributed by atoms with Gasteiger partial charge < -0.3 is 19.9 Å². The van der Waals surface area contributed by atoms with Gasteiger partial charge in [0.25, 0.3) is 0 Å². The Balaban J connectivity index is 1.82. The third kappa shape index (κ3) is 5.25. The molecule has 0 unspecified atom stereocenters. The number of nitrogens with one attached hydrogen (secondary N) is 1. The van der Waals surface area contributed by atoms with E-state index in [1.807, 2.05) is 51.0 Å². The van der Waals surface area contributed by atoms with Crippen molar-refractivity contribution in [3.63, 3.8) is 0 Å². The minimum absolute atomic E-state index is 0.00572. The zero-order valence-electron chi connectivity index (χ0n) is 17.5. The molecule has 1 saturated carbocycles. The molecule has 2 aliphatic rings. The Kier molecular flexibility index (Phi) is 6.60. The Morgan fingerprint density at radius 2 is 1.96 bits per heavy atom. The molecule has 2 amide bonds. The maximum absolute atomic E-state index is 12.9. The van der Waals surface area contributed by atoms with Gasteiger partial charge in [-0.05, 0) is 49.4 Å². The second-order valence-electron chi connectivity index (χ2n) is 8.51. The first-order chi connectivity index (χ1) is 13.3. The third-order valence-corrected chi connectivity index (χ3v) is 5.40. The molecule has 1 aromatic rings. The fourth-order valence-corrected chi connectivity index (χ4v) is 3.57. The molecular formula is C22H33N3O3. The molecule has 3 rings (SSSR count). The van der Waals surface area contributed by atoms with Gasteiger partial charge in [-0.3, -0.25) is 9.59 Å². The fraction of sp³-hybridized carbons (Fsp3) is 0.636. The van der Waals surface area contributed by atoms with E-state index < -0.39 is 0 Å². The van der Waals surface area contributed by atoms with E-state index in [1.165, 1.54) is 0 Å². The molecular weight excluding hydrogens is 354 g/mol. The second-order valence-corrected chi connectivity index (χ2v) is 8.51. The lowest BCUT2D eigenvalue weighted by molar-refractivity contribution is -0.134. The highest BCUT2D eigenvalue weighted by atomic mass is 16.5. The summed E-state index contributed by atoms with van der Waals surface area (Å²) in [5.41, 5.74) is 2.87. The average Bonchev–Trinajstić information content (AvgIpc) is 3.37. The van der Waals surface area contributed by atoms with Crippen molar-refractivity contribution in [1.29, 1.82) is 0 Å². The molecule has 1 aliphatic carbocycles. The number of amides is 2. The Hall–Kier alpha value is -2.08. The molecule has 1 aliphatic heterocycles. The van der Waals surface area contributed by atoms with Gasteiger partial charge in [-0.1, -0.05) is 13.8 Å². The van der Waals surface area contributed by atoms with Crippen LogP contribution < -0.4 is 10.2 Å². The molecule has 1 saturated heterocycles. The molecule has 0 spiro atoms. The molecule has 0 bridgehead atoms. The smallest absolute Gasteiger partial charge is 0.226 e. The number of anilines is 2. The van der Waals surface area contributed by atoms with Crippen LogP contribution in [0.25, 0.3) is 0 Å². The van der Waals surface area contributed by atoms with Crippen LogP contribution in [0.3, 0.4) is 0 Å². The number of ether oxygens (including phenoxy) is 1. The van der Waals surface area contributed by atoms with Crippen molar-refractivity contribution in [3.8, 4) is 0 Å². The predicted molar refractivity (Wildman–Crippen MR) is 111 cm³/mol. The van der Waals surface area contributed by atoms with Crippen molar-refractivity contribution >= 4 is 23.2 Å². The number of hydrogen-bond acceptors (Lipinski definition) is 4. The van der Waals surface area contributed by atoms with Crippen LogP contribution in [0.1, 0.15) is 45.1 Å². The summed E-state index contributed by atoms with van der Waals surface area (Å²) in [5.74, 6) is 0.322. The summed E-state index contributed by atoms with van der Waals surface area (Å²) in [6, 6.07) is 5.93. The van der Waals surface area contributed by atoms with Gasteiger partial charge >= 0.3 is 0 Å². The zero-order chi connectivity index (χ0) is 20.3. The molecule has 0 radical (unpaired) electrons. The van der Waals surface area contributed by atoms with E-state index in [0.717, 1.165) is 49.2 Å². The quantitative estimate of drug-likeness (QED) is 0.744. The van der Waals surface area contributed by atoms with Gasteiger partial charge in [0.05, 0.1) is 6.10 Å². The molecule has 6 heteroatoms. The minimum Gasteiger partial charge on any atom is -0.377 e. The van der Waals surface area contributed by atoms with Crippen LogP contribution in [-0.4, -0.2) is 50.1 Å². The van der Waals surface area contributed by atoms with E-state index >= 15 is 0 Å². The Bertz CT molecular complexity index is 707. The van der Waals surface area contributed by atoms with Crippen molar-refractivity contribution in [2.24, 2.45) is 11.8 Å². The van der Waals surface area contributed by atoms with Gasteiger partial charge in [0.2, 0.25) is 11.8 Å². The lowest BCUT2D eigenvalue weighted by Gasteiger charge is -2.28. The van der Waals surface area contributed by atoms with Crippen molar-refractivity contribution in [1.82, 2.24) is 4.90 Å². The van der Waals surface area contributed by atoms with E-state index in [9.17, 15) is 9.59 Å². The highest BCUT2D eigenvalue weighted by Gasteiger charge is 2.35. The van der Waals surface area contributed by atoms with Crippen LogP contribution in [0, 0.1) is 11.8 Å². The Morgan fingerprint density at radius 3 is 2.54 bits per heavy atom. The molecule has 28 heavy (non-hydrogen) atoms. The topological polar surface area (TPSA) is 61.9 Å². The van der Waals surface area contributed by atoms with Crippen LogP contribution in [-0.2, 0) is 20.9 Å². The van der Waals surface area contributed by atoms with Crippen LogP contribution in [0.4, 0.5) is 11.4 Å². The van der Waals surface area contributed by atoms with Gasteiger partial charge in [-0.15, -0.1) is 0 Å². The molecule has 2 fully saturated rings. The molecule has 1 heterocycles. The monoisotopic (exact) mass is 387 g/mol. The average molecular weight is 388 g/mol. The predicted octanol–water partition coefficient (Wildman–Crippen LogP) is 3.26. The van der Waals surface area contributed by atoms with Gasteiger partial charge in [0, 0.05) is 57.0 Å². The number of rotatable bonds is 8. The van der Waals surface area contributed by atoms with Crippen LogP contribution in [0.5, 0.6) is 0 Å². The summed E-state index contributed by atoms with van der Waals surface area (Å²) in [7, 11) is 4.00. The van der Waals surface area contributed by atoms with E-state index in [-0.39, 0.29) is 29.8 Å². The van der Waals surface area contributed by atoms with Gasteiger partial charge in [-0.25, -0.2) is 0 Å². The molecule has 1 atom stereocenters. The Labute approximate surface area is 168 Å². The van der Waals surface area contributed by atoms with Crippen molar-refractivity contribution < 1.29 is 14.3 Å². The lowest BCUT2D eigenvalue weighted by Crippen LogP contribution is -2.38. The van der Waals surface area contributed by atoms with Crippen molar-refractivity contribution in [2.75, 3.05) is 37.5 Å². The van der Waals surface area contributed by atoms with Crippen LogP contribution >= 0.6 is 0 Å². The highest BCUT2D eigenvalue weighted by molar-refractivity contribution is 5.92. The first-order valence-corrected chi connectivity index (χ1v) is 10.4. The summed E-state index contributed by atoms with van der Waals surface area (Å²) in [5, 5.41) is 2.97. The van der Waals surface area contributed by atoms with Crippen molar-refractivity contribution in [2.45, 2.75) is 52.2 Å². The number of benzene rings is 1. The van der Waals surface area contributed by atoms with E-state index in [0.29, 0.717) is 13.1 Å². The standard InChI is InChI=1S/C22H33N3O3/c1-15(2)21(26)23-18-9-10-20(24(3)4)17(12-18)13-25(22(27)16-7-8-16)14-19-6-5-11-28-19/h9-10,12,15-16,19H,5-8,11,13-14H2,1-4H3,(H,23,26)/t19-/m0/s1. The Morgan fingerprint density at radius 1 is 1.21 bits per heavy atom. The van der Waals surface area contributed by atoms with Gasteiger partial charge in [0.15, 0.2) is 0 Å². The molecule has 6 nitrogen and oxygen atoms in total. The summed E-state index contributed by atoms with van der Waals surface area (Å²) < 4.78 is 5.79. The van der Waals surface area contributed by atoms with E-state index in [4.69, 9.17) is 4.74 Å². The van der Waals surface area contributed by atoms with Crippen molar-refractivity contribution in [3.05, 3.63) is 23.8 Å². The SMILES string of the molecule is CC(C)C(=O)Nc1ccc(N(C)C)c(CN(C[C@@H]2CCCO2)C(=O)C2CC2)c1. The molecule has 154 valence electrons. The third-order valence-electron chi connectivity index (χ3n) is 5.40. The summed E-state index contributed by atoms with van der Waals surface area (Å²) in [6.45, 7) is 5.72. The molecule has 0 aromatic heterocycles. The summed E-state index contributed by atoms with van der Waals surface area (Å²) >= 11 is 0. The zero-order valence-corrected chi connectivity index (χ0v) is 17.5. The molecule has 1 aromatic carbocycles. The number of carbonyl (C=O) groups is 2. The largest absolute Gasteiger partial charge is 0.377 e. The lowest BCUT2D eigenvalue weighted by atomic mass is 10.1. The fourth-order valence-electron chi connectivity index (χ4n) is 3.57. The van der Waals surface area contributed by atoms with Crippen LogP contribution in [0.2, 0.25) is 0 Å². The van der Waals surface area contributed by atoms with Gasteiger partial charge in [-0.2, -0.15) is 0 Å². The summed E-state index contributed by atoms with van der Waals surface area (Å²) in [4.78, 5) is 29.0. The number of carbonyl (C=O) groups excluding carboxylic acids is 2. The first kappa shape index (κ1) is 20.6. The first-order valence-electron chi connectivity index (χ1n) is 10.4. The van der Waals surface area contributed by atoms with Gasteiger partial charge in [0.1, 0.15) is 0 Å². The van der Waals surface area contributed by atoms with E-state index in [1.54, 1.807) is 0 Å². The number of hydrogen-bond donors (Lipinski definition) is 1. The minimum atomic E-state index is -0.0792. The maximum Gasteiger partial charge on any atom is 0.226 e. The summed E-state index contributed by atoms with van der Waals surface area (Å²) in [6.07, 6.45) is 4.20. The molecule has 1 N–H and O–H groups in total. The second kappa shape index (κ2) is 8.95. The highest BCUT2D eigenvalue weighted by Crippen LogP contribution is 2.33. The number of nitrogens with zero attached hydrogens (tertiary/aromatic N) is 2. The van der Waals surface area contributed by atoms with E-state index in [2.05, 4.69) is 10.2 Å².